The number of halogens is 10. The van der Waals surface area contributed by atoms with Crippen LogP contribution < -0.4 is 0 Å². The van der Waals surface area contributed by atoms with Crippen LogP contribution in [0.5, 0.6) is 0 Å². The molecule has 0 N–H and O–H groups in total. The van der Waals surface area contributed by atoms with Crippen LogP contribution in [0.1, 0.15) is 0 Å². The molecule has 3 aromatic carbocycles. The van der Waals surface area contributed by atoms with E-state index in [1.54, 1.807) is 0 Å². The van der Waals surface area contributed by atoms with Crippen LogP contribution in [0.4, 0.5) is 61.6 Å². The normalized spacial score (nSPS) is 15.7. The summed E-state index contributed by atoms with van der Waals surface area (Å²) in [5.74, 6) is 0. The second-order valence-electron chi connectivity index (χ2n) is 10.8. The van der Waals surface area contributed by atoms with Crippen molar-refractivity contribution in [1.29, 1.82) is 0 Å². The zero-order valence-corrected chi connectivity index (χ0v) is 29.2. The number of hydrogen-bond donors (Lipinski definition) is 0. The minimum Gasteiger partial charge on any atom is -0.258 e. The summed E-state index contributed by atoms with van der Waals surface area (Å²) >= 11 is 3.10. The molecular weight excluding hydrogens is 843 g/mol. The van der Waals surface area contributed by atoms with Crippen molar-refractivity contribution in [1.82, 2.24) is 8.75 Å². The zero-order chi connectivity index (χ0) is 37.9. The summed E-state index contributed by atoms with van der Waals surface area (Å²) in [6.07, 6.45) is 0. The van der Waals surface area contributed by atoms with Gasteiger partial charge in [0.1, 0.15) is 22.4 Å². The van der Waals surface area contributed by atoms with Gasteiger partial charge >= 0.3 is 20.4 Å². The second kappa shape index (κ2) is 10.1. The molecule has 26 heteroatoms. The first-order chi connectivity index (χ1) is 23.7. The van der Waals surface area contributed by atoms with Gasteiger partial charge in [0, 0.05) is 42.8 Å². The van der Waals surface area contributed by atoms with Crippen LogP contribution in [0, 0.1) is 20.2 Å². The summed E-state index contributed by atoms with van der Waals surface area (Å²) in [6.45, 7) is 0. The van der Waals surface area contributed by atoms with Crippen LogP contribution in [0.3, 0.4) is 0 Å². The molecule has 0 saturated carbocycles. The molecule has 0 unspecified atom stereocenters. The van der Waals surface area contributed by atoms with Gasteiger partial charge in [-0.05, 0) is 59.7 Å². The van der Waals surface area contributed by atoms with E-state index in [1.165, 1.54) is 24.3 Å². The van der Waals surface area contributed by atoms with E-state index in [0.717, 1.165) is 57.9 Å². The van der Waals surface area contributed by atoms with Gasteiger partial charge in [-0.15, -0.1) is 22.7 Å². The van der Waals surface area contributed by atoms with E-state index < -0.39 is 62.6 Å². The Labute approximate surface area is 297 Å². The van der Waals surface area contributed by atoms with E-state index in [9.17, 15) is 59.1 Å². The third-order valence-electron chi connectivity index (χ3n) is 7.34. The molecule has 0 fully saturated rings. The third kappa shape index (κ3) is 6.31. The van der Waals surface area contributed by atoms with Crippen molar-refractivity contribution in [3.8, 4) is 41.8 Å². The Morgan fingerprint density at radius 3 is 1.25 bits per heavy atom. The molecule has 0 amide bonds. The molecule has 0 aliphatic carbocycles. The lowest BCUT2D eigenvalue weighted by Crippen LogP contribution is -2.09. The maximum atomic E-state index is 13.8. The van der Waals surface area contributed by atoms with Crippen molar-refractivity contribution in [3.05, 3.63) is 80.9 Å². The smallest absolute Gasteiger partial charge is 0.258 e. The van der Waals surface area contributed by atoms with Gasteiger partial charge in [-0.2, -0.15) is 17.5 Å². The van der Waals surface area contributed by atoms with Crippen molar-refractivity contribution in [2.75, 3.05) is 0 Å². The minimum absolute atomic E-state index is 0.0119. The van der Waals surface area contributed by atoms with Crippen LogP contribution in [0.25, 0.3) is 52.8 Å². The predicted molar refractivity (Wildman–Crippen MR) is 183 cm³/mol. The summed E-state index contributed by atoms with van der Waals surface area (Å²) in [5, 5.41) is 22.4. The molecule has 6 aromatic rings. The highest BCUT2D eigenvalue weighted by atomic mass is 32.5. The average molecular weight is 853 g/mol. The minimum atomic E-state index is -10.5. The number of nitro benzene ring substituents is 2. The standard InChI is InChI=1S/C26H10F10N6O4S6/c27-51(28,29,30,31)19-9-11(1-3-13(19)41(43)44)15-5-7-17(47-15)21-23-25(39-49-37-23)22(26-24(21)38-50-40-26)18-8-6-16(48-18)12-2-4-14(42(45)46)20(10-12)52(32,33,34,35)36/h1-10H. The summed E-state index contributed by atoms with van der Waals surface area (Å²) in [7, 11) is -21.0. The molecule has 7 rings (SSSR count). The Bertz CT molecular complexity index is 2500. The summed E-state index contributed by atoms with van der Waals surface area (Å²) in [6, 6.07) is 7.96. The summed E-state index contributed by atoms with van der Waals surface area (Å²) < 4.78 is 155. The molecule has 0 spiro atoms. The van der Waals surface area contributed by atoms with Crippen LogP contribution >= 0.6 is 54.8 Å². The Morgan fingerprint density at radius 1 is 0.538 bits per heavy atom. The fraction of sp³-hybridized carbons (Fsp3) is 0. The number of hydrogen-bond acceptors (Lipinski definition) is 11. The molecule has 52 heavy (non-hydrogen) atoms. The van der Waals surface area contributed by atoms with E-state index in [1.807, 2.05) is 0 Å². The summed E-state index contributed by atoms with van der Waals surface area (Å²) in [4.78, 5) is 14.6. The average Bonchev–Trinajstić information content (AvgIpc) is 3.84. The van der Waals surface area contributed by atoms with Crippen molar-refractivity contribution < 1.29 is 48.7 Å². The Morgan fingerprint density at radius 2 is 0.904 bits per heavy atom. The number of rotatable bonds is 8. The molecule has 0 bridgehead atoms. The van der Waals surface area contributed by atoms with Gasteiger partial charge in [0.2, 0.25) is 0 Å². The van der Waals surface area contributed by atoms with E-state index in [0.29, 0.717) is 21.9 Å². The second-order valence-corrected chi connectivity index (χ2v) is 18.8. The van der Waals surface area contributed by atoms with Crippen LogP contribution in [0.15, 0.2) is 79.2 Å². The lowest BCUT2D eigenvalue weighted by atomic mass is 10.0. The fourth-order valence-electron chi connectivity index (χ4n) is 5.23. The van der Waals surface area contributed by atoms with Crippen LogP contribution in [0.2, 0.25) is 0 Å². The molecule has 0 radical (unpaired) electrons. The van der Waals surface area contributed by atoms with Gasteiger partial charge in [-0.25, -0.2) is 0 Å². The number of thiophene rings is 2. The van der Waals surface area contributed by atoms with E-state index in [4.69, 9.17) is 0 Å². The molecule has 1 aliphatic rings. The molecule has 0 atom stereocenters. The number of fused-ring (bicyclic) bond motifs is 2. The SMILES string of the molecule is O=[N+]([O-])c1ccc(-c2ccc(-c3c4c(c(-c5ccc(-c6ccc([N+](=O)[O-])c(S(F)(F)(F)(F)F)c6)s5)c5nsnc35)N=S=N4)s2)cc1S(F)(F)(F)(F)F. The van der Waals surface area contributed by atoms with E-state index >= 15 is 0 Å². The lowest BCUT2D eigenvalue weighted by molar-refractivity contribution is -0.388. The number of nitrogens with zero attached hydrogens (tertiary/aromatic N) is 6. The zero-order valence-electron chi connectivity index (χ0n) is 24.3. The van der Waals surface area contributed by atoms with Gasteiger partial charge in [0.25, 0.3) is 11.4 Å². The lowest BCUT2D eigenvalue weighted by Gasteiger charge is -2.40. The molecule has 1 aliphatic heterocycles. The van der Waals surface area contributed by atoms with Gasteiger partial charge in [0.15, 0.2) is 9.79 Å². The quantitative estimate of drug-likeness (QED) is 0.0848. The van der Waals surface area contributed by atoms with Gasteiger partial charge in [0.05, 0.1) is 32.9 Å². The Hall–Kier alpha value is -4.50. The van der Waals surface area contributed by atoms with Gasteiger partial charge in [-0.3, -0.25) is 20.2 Å². The largest absolute Gasteiger partial charge is 0.316 e. The monoisotopic (exact) mass is 852 g/mol. The first-order valence-electron chi connectivity index (χ1n) is 13.4. The van der Waals surface area contributed by atoms with E-state index in [-0.39, 0.29) is 55.4 Å². The van der Waals surface area contributed by atoms with Crippen molar-refractivity contribution >= 4 is 100.0 Å². The number of nitro groups is 2. The van der Waals surface area contributed by atoms with Crippen molar-refractivity contribution in [2.24, 2.45) is 8.73 Å². The van der Waals surface area contributed by atoms with Crippen molar-refractivity contribution in [3.63, 3.8) is 0 Å². The Kier molecular flexibility index (Phi) is 6.99. The highest BCUT2D eigenvalue weighted by Crippen LogP contribution is 3.03. The highest BCUT2D eigenvalue weighted by molar-refractivity contribution is 8.46. The van der Waals surface area contributed by atoms with Crippen LogP contribution in [-0.4, -0.2) is 18.6 Å². The first-order valence-corrected chi connectivity index (χ1v) is 20.4. The van der Waals surface area contributed by atoms with Crippen LogP contribution in [-0.2, 0) is 11.4 Å². The summed E-state index contributed by atoms with van der Waals surface area (Å²) in [5.41, 5.74) is -3.07. The predicted octanol–water partition coefficient (Wildman–Crippen LogP) is 14.3. The molecule has 4 heterocycles. The fourth-order valence-corrected chi connectivity index (χ4v) is 10.2. The molecule has 3 aromatic heterocycles. The van der Waals surface area contributed by atoms with Gasteiger partial charge < -0.3 is 0 Å². The molecule has 274 valence electrons. The topological polar surface area (TPSA) is 137 Å². The first kappa shape index (κ1) is 35.9. The molecular formula is C26H10F10N6O4S6. The Balaban J connectivity index is 1.34. The maximum Gasteiger partial charge on any atom is 0.316 e. The number of aromatic nitrogens is 2. The van der Waals surface area contributed by atoms with E-state index in [2.05, 4.69) is 17.5 Å². The number of benzene rings is 3. The molecule has 10 nitrogen and oxygen atoms in total. The molecule has 0 saturated heterocycles. The maximum absolute atomic E-state index is 13.8. The third-order valence-corrected chi connectivity index (χ3v) is 13.0. The van der Waals surface area contributed by atoms with Gasteiger partial charge in [-0.1, -0.05) is 38.9 Å². The highest BCUT2D eigenvalue weighted by Gasteiger charge is 2.69. The van der Waals surface area contributed by atoms with Crippen molar-refractivity contribution in [2.45, 2.75) is 9.79 Å².